The monoisotopic (exact) mass is 316 g/mol. The summed E-state index contributed by atoms with van der Waals surface area (Å²) in [5.41, 5.74) is 2.05. The van der Waals surface area contributed by atoms with E-state index in [1.165, 1.54) is 49.8 Å². The quantitative estimate of drug-likeness (QED) is 0.598. The van der Waals surface area contributed by atoms with Gasteiger partial charge in [-0.15, -0.1) is 0 Å². The largest absolute Gasteiger partial charge is 0.361 e. The number of hydrogen-bond donors (Lipinski definition) is 3. The number of fused-ring (bicyclic) bond motifs is 1. The Labute approximate surface area is 136 Å². The number of H-pyrrole nitrogens is 1. The fourth-order valence-electron chi connectivity index (χ4n) is 3.32. The number of rotatable bonds is 4. The normalized spacial score (nSPS) is 16.7. The summed E-state index contributed by atoms with van der Waals surface area (Å²) in [6.07, 6.45) is 9.26. The Hall–Kier alpha value is -2.04. The molecule has 3 rings (SSSR count). The van der Waals surface area contributed by atoms with Crippen LogP contribution in [0.4, 0.5) is 4.39 Å². The van der Waals surface area contributed by atoms with E-state index in [4.69, 9.17) is 0 Å². The molecule has 1 heterocycles. The molecule has 124 valence electrons. The van der Waals surface area contributed by atoms with Crippen molar-refractivity contribution >= 4 is 16.9 Å². The molecule has 1 aliphatic carbocycles. The van der Waals surface area contributed by atoms with Gasteiger partial charge in [-0.05, 0) is 43.0 Å². The van der Waals surface area contributed by atoms with Crippen LogP contribution >= 0.6 is 0 Å². The fourth-order valence-corrected chi connectivity index (χ4v) is 3.32. The second-order valence-electron chi connectivity index (χ2n) is 6.23. The number of aromatic amines is 1. The fraction of sp³-hybridized carbons (Fsp3) is 0.500. The molecular weight excluding hydrogens is 291 g/mol. The number of benzene rings is 1. The predicted octanol–water partition coefficient (Wildman–Crippen LogP) is 3.35. The minimum atomic E-state index is -0.207. The number of aromatic nitrogens is 1. The third-order valence-corrected chi connectivity index (χ3v) is 4.59. The van der Waals surface area contributed by atoms with Crippen molar-refractivity contribution in [1.82, 2.24) is 15.6 Å². The maximum absolute atomic E-state index is 13.2. The van der Waals surface area contributed by atoms with Crippen LogP contribution in [-0.2, 0) is 6.42 Å². The predicted molar refractivity (Wildman–Crippen MR) is 93.3 cm³/mol. The molecule has 5 heteroatoms. The van der Waals surface area contributed by atoms with Gasteiger partial charge in [0, 0.05) is 36.7 Å². The van der Waals surface area contributed by atoms with Gasteiger partial charge in [0.15, 0.2) is 5.96 Å². The highest BCUT2D eigenvalue weighted by Gasteiger charge is 2.14. The van der Waals surface area contributed by atoms with E-state index in [1.807, 2.05) is 19.3 Å². The molecule has 2 aromatic rings. The molecule has 0 saturated heterocycles. The van der Waals surface area contributed by atoms with Crippen molar-refractivity contribution in [3.05, 3.63) is 35.8 Å². The average Bonchev–Trinajstić information content (AvgIpc) is 2.97. The van der Waals surface area contributed by atoms with Crippen LogP contribution in [0.1, 0.15) is 37.7 Å². The Bertz CT molecular complexity index is 671. The third-order valence-electron chi connectivity index (χ3n) is 4.59. The number of nitrogens with one attached hydrogen (secondary N) is 3. The summed E-state index contributed by atoms with van der Waals surface area (Å²) in [7, 11) is 1.81. The van der Waals surface area contributed by atoms with Crippen LogP contribution in [0.5, 0.6) is 0 Å². The third kappa shape index (κ3) is 4.03. The molecule has 0 spiro atoms. The first kappa shape index (κ1) is 15.8. The molecule has 1 aliphatic rings. The Morgan fingerprint density at radius 3 is 2.91 bits per heavy atom. The van der Waals surface area contributed by atoms with Gasteiger partial charge in [0.05, 0.1) is 0 Å². The van der Waals surface area contributed by atoms with Crippen molar-refractivity contribution in [3.63, 3.8) is 0 Å². The summed E-state index contributed by atoms with van der Waals surface area (Å²) in [5.74, 6) is 0.670. The zero-order valence-electron chi connectivity index (χ0n) is 13.7. The van der Waals surface area contributed by atoms with Gasteiger partial charge in [0.25, 0.3) is 0 Å². The molecule has 0 amide bonds. The van der Waals surface area contributed by atoms with Crippen molar-refractivity contribution in [1.29, 1.82) is 0 Å². The number of nitrogens with zero attached hydrogens (tertiary/aromatic N) is 1. The summed E-state index contributed by atoms with van der Waals surface area (Å²) < 4.78 is 13.2. The molecule has 0 bridgehead atoms. The van der Waals surface area contributed by atoms with Crippen LogP contribution < -0.4 is 10.6 Å². The van der Waals surface area contributed by atoms with Crippen LogP contribution in [0.15, 0.2) is 29.4 Å². The number of guanidine groups is 1. The van der Waals surface area contributed by atoms with Crippen LogP contribution in [0.2, 0.25) is 0 Å². The van der Waals surface area contributed by atoms with Gasteiger partial charge < -0.3 is 15.6 Å². The van der Waals surface area contributed by atoms with Gasteiger partial charge in [0.2, 0.25) is 0 Å². The summed E-state index contributed by atoms with van der Waals surface area (Å²) in [5, 5.41) is 7.98. The highest BCUT2D eigenvalue weighted by atomic mass is 19.1. The van der Waals surface area contributed by atoms with Crippen molar-refractivity contribution in [2.45, 2.75) is 44.6 Å². The molecule has 4 nitrogen and oxygen atoms in total. The molecule has 0 aliphatic heterocycles. The summed E-state index contributed by atoms with van der Waals surface area (Å²) in [6, 6.07) is 5.43. The lowest BCUT2D eigenvalue weighted by atomic mass is 9.96. The Balaban J connectivity index is 1.52. The summed E-state index contributed by atoms with van der Waals surface area (Å²) in [4.78, 5) is 7.45. The summed E-state index contributed by atoms with van der Waals surface area (Å²) >= 11 is 0. The number of halogens is 1. The average molecular weight is 316 g/mol. The van der Waals surface area contributed by atoms with Crippen LogP contribution in [0.3, 0.4) is 0 Å². The molecule has 0 radical (unpaired) electrons. The first-order chi connectivity index (χ1) is 11.3. The molecule has 1 fully saturated rings. The zero-order valence-corrected chi connectivity index (χ0v) is 13.7. The molecule has 1 aromatic heterocycles. The topological polar surface area (TPSA) is 52.2 Å². The van der Waals surface area contributed by atoms with Crippen molar-refractivity contribution in [2.24, 2.45) is 4.99 Å². The highest BCUT2D eigenvalue weighted by molar-refractivity contribution is 5.83. The first-order valence-corrected chi connectivity index (χ1v) is 8.49. The van der Waals surface area contributed by atoms with Gasteiger partial charge in [0.1, 0.15) is 5.82 Å². The Morgan fingerprint density at radius 2 is 2.13 bits per heavy atom. The van der Waals surface area contributed by atoms with E-state index in [1.54, 1.807) is 0 Å². The van der Waals surface area contributed by atoms with Crippen LogP contribution in [0, 0.1) is 5.82 Å². The molecule has 0 atom stereocenters. The Kier molecular flexibility index (Phi) is 5.16. The maximum atomic E-state index is 13.2. The number of hydrogen-bond acceptors (Lipinski definition) is 1. The smallest absolute Gasteiger partial charge is 0.191 e. The minimum absolute atomic E-state index is 0.207. The van der Waals surface area contributed by atoms with E-state index >= 15 is 0 Å². The Morgan fingerprint density at radius 1 is 1.30 bits per heavy atom. The SMILES string of the molecule is CN=C(NCCc1c[nH]c2cc(F)ccc12)NC1CCCCC1. The molecular formula is C18H25FN4. The molecule has 23 heavy (non-hydrogen) atoms. The summed E-state index contributed by atoms with van der Waals surface area (Å²) in [6.45, 7) is 0.802. The van der Waals surface area contributed by atoms with E-state index < -0.39 is 0 Å². The molecule has 3 N–H and O–H groups in total. The van der Waals surface area contributed by atoms with E-state index in [2.05, 4.69) is 20.6 Å². The highest BCUT2D eigenvalue weighted by Crippen LogP contribution is 2.19. The molecule has 0 unspecified atom stereocenters. The first-order valence-electron chi connectivity index (χ1n) is 8.49. The zero-order chi connectivity index (χ0) is 16.1. The van der Waals surface area contributed by atoms with Crippen molar-refractivity contribution in [2.75, 3.05) is 13.6 Å². The standard InChI is InChI=1S/C18H25FN4/c1-20-18(23-15-5-3-2-4-6-15)21-10-9-13-12-22-17-11-14(19)7-8-16(13)17/h7-8,11-12,15,22H,2-6,9-10H2,1H3,(H2,20,21,23). The van der Waals surface area contributed by atoms with E-state index in [9.17, 15) is 4.39 Å². The van der Waals surface area contributed by atoms with Crippen molar-refractivity contribution < 1.29 is 4.39 Å². The van der Waals surface area contributed by atoms with Crippen molar-refractivity contribution in [3.8, 4) is 0 Å². The minimum Gasteiger partial charge on any atom is -0.361 e. The maximum Gasteiger partial charge on any atom is 0.191 e. The lowest BCUT2D eigenvalue weighted by Gasteiger charge is -2.24. The van der Waals surface area contributed by atoms with Gasteiger partial charge in [-0.25, -0.2) is 4.39 Å². The lowest BCUT2D eigenvalue weighted by molar-refractivity contribution is 0.410. The van der Waals surface area contributed by atoms with Gasteiger partial charge in [-0.1, -0.05) is 19.3 Å². The number of aliphatic imine (C=N–C) groups is 1. The van der Waals surface area contributed by atoms with Gasteiger partial charge in [-0.3, -0.25) is 4.99 Å². The molecule has 1 aromatic carbocycles. The van der Waals surface area contributed by atoms with Gasteiger partial charge >= 0.3 is 0 Å². The van der Waals surface area contributed by atoms with E-state index in [-0.39, 0.29) is 5.82 Å². The van der Waals surface area contributed by atoms with Crippen LogP contribution in [0.25, 0.3) is 10.9 Å². The van der Waals surface area contributed by atoms with E-state index in [0.717, 1.165) is 29.8 Å². The van der Waals surface area contributed by atoms with Crippen LogP contribution in [-0.4, -0.2) is 30.6 Å². The van der Waals surface area contributed by atoms with Gasteiger partial charge in [-0.2, -0.15) is 0 Å². The second kappa shape index (κ2) is 7.49. The van der Waals surface area contributed by atoms with E-state index in [0.29, 0.717) is 6.04 Å². The second-order valence-corrected chi connectivity index (χ2v) is 6.23. The molecule has 1 saturated carbocycles. The lowest BCUT2D eigenvalue weighted by Crippen LogP contribution is -2.44.